The van der Waals surface area contributed by atoms with Crippen molar-refractivity contribution in [2.45, 2.75) is 23.5 Å². The number of rotatable bonds is 6. The van der Waals surface area contributed by atoms with Crippen molar-refractivity contribution in [1.82, 2.24) is 9.88 Å². The summed E-state index contributed by atoms with van der Waals surface area (Å²) in [4.78, 5) is 30.2. The van der Waals surface area contributed by atoms with Gasteiger partial charge in [0.15, 0.2) is 0 Å². The molecule has 0 bridgehead atoms. The van der Waals surface area contributed by atoms with Crippen LogP contribution in [0.2, 0.25) is 0 Å². The third-order valence-corrected chi connectivity index (χ3v) is 8.85. The van der Waals surface area contributed by atoms with Crippen molar-refractivity contribution in [3.63, 3.8) is 0 Å². The highest BCUT2D eigenvalue weighted by atomic mass is 79.9. The second kappa shape index (κ2) is 8.95. The maximum Gasteiger partial charge on any atom is 0.409 e. The number of thiazole rings is 1. The lowest BCUT2D eigenvalue weighted by Gasteiger charge is -2.46. The molecule has 8 nitrogen and oxygen atoms in total. The molecule has 3 aromatic rings. The van der Waals surface area contributed by atoms with Crippen molar-refractivity contribution in [3.8, 4) is 11.1 Å². The Bertz CT molecular complexity index is 1290. The van der Waals surface area contributed by atoms with Gasteiger partial charge < -0.3 is 24.2 Å². The van der Waals surface area contributed by atoms with Gasteiger partial charge in [0.1, 0.15) is 34.0 Å². The zero-order valence-corrected chi connectivity index (χ0v) is 21.6. The highest BCUT2D eigenvalue weighted by Gasteiger charge is 2.59. The Hall–Kier alpha value is -2.79. The number of halogens is 1. The number of hydrogen-bond donors (Lipinski definition) is 1. The number of carboxylic acid groups (broad SMARTS) is 1. The summed E-state index contributed by atoms with van der Waals surface area (Å²) >= 11 is 4.74. The monoisotopic (exact) mass is 570 g/mol. The number of carbonyl (C=O) groups is 2. The summed E-state index contributed by atoms with van der Waals surface area (Å²) in [5.74, 6) is -1.06. The van der Waals surface area contributed by atoms with Crippen LogP contribution in [0, 0.1) is 0 Å². The molecule has 0 radical (unpaired) electrons. The summed E-state index contributed by atoms with van der Waals surface area (Å²) in [6, 6.07) is 16.5. The van der Waals surface area contributed by atoms with Gasteiger partial charge in [0, 0.05) is 17.7 Å². The molecule has 1 amide bonds. The van der Waals surface area contributed by atoms with Crippen molar-refractivity contribution >= 4 is 39.3 Å². The number of ether oxygens (including phenoxy) is 3. The van der Waals surface area contributed by atoms with Gasteiger partial charge in [-0.1, -0.05) is 48.5 Å². The van der Waals surface area contributed by atoms with Crippen LogP contribution in [0.25, 0.3) is 11.1 Å². The summed E-state index contributed by atoms with van der Waals surface area (Å²) in [6.45, 7) is 0.699. The van der Waals surface area contributed by atoms with E-state index < -0.39 is 23.8 Å². The highest BCUT2D eigenvalue weighted by molar-refractivity contribution is 9.10. The molecule has 2 aliphatic heterocycles. The van der Waals surface area contributed by atoms with E-state index in [-0.39, 0.29) is 25.2 Å². The highest BCUT2D eigenvalue weighted by Crippen LogP contribution is 2.49. The van der Waals surface area contributed by atoms with Gasteiger partial charge >= 0.3 is 12.1 Å². The number of carbonyl (C=O) groups excluding carboxylic acids is 1. The normalized spacial score (nSPS) is 21.8. The molecule has 1 unspecified atom stereocenters. The van der Waals surface area contributed by atoms with Gasteiger partial charge in [-0.05, 0) is 38.2 Å². The molecule has 1 aromatic heterocycles. The van der Waals surface area contributed by atoms with Crippen LogP contribution in [0.3, 0.4) is 0 Å². The van der Waals surface area contributed by atoms with E-state index >= 15 is 0 Å². The predicted octanol–water partition coefficient (Wildman–Crippen LogP) is 4.63. The van der Waals surface area contributed by atoms with Gasteiger partial charge in [-0.15, -0.1) is 11.3 Å². The number of aliphatic carboxylic acids is 1. The van der Waals surface area contributed by atoms with Crippen molar-refractivity contribution in [1.29, 1.82) is 0 Å². The molecule has 2 saturated heterocycles. The lowest BCUT2D eigenvalue weighted by molar-refractivity contribution is -0.150. The second-order valence-corrected chi connectivity index (χ2v) is 11.1. The van der Waals surface area contributed by atoms with Crippen LogP contribution in [0.15, 0.2) is 58.5 Å². The van der Waals surface area contributed by atoms with Crippen LogP contribution in [0.1, 0.15) is 28.5 Å². The Morgan fingerprint density at radius 3 is 2.42 bits per heavy atom. The predicted molar refractivity (Wildman–Crippen MR) is 135 cm³/mol. The number of aromatic nitrogens is 1. The number of amides is 1. The molecule has 6 rings (SSSR count). The number of hydrogen-bond acceptors (Lipinski definition) is 7. The molecule has 186 valence electrons. The number of likely N-dealkylation sites (tertiary alicyclic amines) is 1. The molecule has 1 N–H and O–H groups in total. The standard InChI is InChI=1S/C26H23BrN2O6S/c27-21-11-36-23(28-21)26(34-10-22(30)31)12-25(35-15-26)13-29(14-25)24(32)33-9-20-18-7-3-1-5-16(18)17-6-2-4-8-19(17)20/h1-8,11,20H,9-10,12-15H2,(H,30,31). The average Bonchev–Trinajstić information content (AvgIpc) is 3.55. The van der Waals surface area contributed by atoms with Crippen LogP contribution in [-0.4, -0.2) is 65.6 Å². The third kappa shape index (κ3) is 4.02. The van der Waals surface area contributed by atoms with Crippen LogP contribution >= 0.6 is 27.3 Å². The lowest BCUT2D eigenvalue weighted by atomic mass is 9.85. The molecule has 0 saturated carbocycles. The molecule has 1 aliphatic carbocycles. The molecular weight excluding hydrogens is 548 g/mol. The van der Waals surface area contributed by atoms with E-state index in [4.69, 9.17) is 19.3 Å². The Morgan fingerprint density at radius 1 is 1.14 bits per heavy atom. The first-order valence-electron chi connectivity index (χ1n) is 11.6. The zero-order chi connectivity index (χ0) is 24.9. The molecule has 36 heavy (non-hydrogen) atoms. The lowest BCUT2D eigenvalue weighted by Crippen LogP contribution is -2.63. The first-order valence-corrected chi connectivity index (χ1v) is 13.3. The van der Waals surface area contributed by atoms with Crippen molar-refractivity contribution in [2.24, 2.45) is 0 Å². The van der Waals surface area contributed by atoms with Crippen molar-refractivity contribution in [2.75, 3.05) is 32.9 Å². The van der Waals surface area contributed by atoms with Gasteiger partial charge in [-0.25, -0.2) is 14.6 Å². The summed E-state index contributed by atoms with van der Waals surface area (Å²) < 4.78 is 18.4. The number of fused-ring (bicyclic) bond motifs is 3. The fourth-order valence-electron chi connectivity index (χ4n) is 5.51. The summed E-state index contributed by atoms with van der Waals surface area (Å²) in [5.41, 5.74) is 3.14. The molecule has 2 aromatic carbocycles. The fraction of sp³-hybridized carbons (Fsp3) is 0.346. The second-order valence-electron chi connectivity index (χ2n) is 9.46. The van der Waals surface area contributed by atoms with E-state index in [1.165, 1.54) is 33.6 Å². The SMILES string of the molecule is O=C(O)COC1(c2nc(Br)cs2)COC2(CN(C(=O)OCC3c4ccccc4-c4ccccc43)C2)C1. The van der Waals surface area contributed by atoms with Gasteiger partial charge in [-0.2, -0.15) is 0 Å². The first-order chi connectivity index (χ1) is 17.4. The van der Waals surface area contributed by atoms with Crippen LogP contribution < -0.4 is 0 Å². The van der Waals surface area contributed by atoms with Crippen molar-refractivity contribution < 1.29 is 28.9 Å². The molecule has 10 heteroatoms. The minimum absolute atomic E-state index is 0.000245. The van der Waals surface area contributed by atoms with E-state index in [1.807, 2.05) is 29.6 Å². The van der Waals surface area contributed by atoms with Crippen molar-refractivity contribution in [3.05, 3.63) is 74.6 Å². The molecule has 3 aliphatic rings. The Labute approximate surface area is 219 Å². The van der Waals surface area contributed by atoms with E-state index in [0.717, 1.165) is 0 Å². The van der Waals surface area contributed by atoms with Gasteiger partial charge in [0.2, 0.25) is 0 Å². The van der Waals surface area contributed by atoms with E-state index in [0.29, 0.717) is 29.1 Å². The molecule has 3 heterocycles. The summed E-state index contributed by atoms with van der Waals surface area (Å²) in [5, 5.41) is 11.7. The molecule has 2 fully saturated rings. The number of benzene rings is 2. The molecule has 1 atom stereocenters. The minimum atomic E-state index is -1.06. The Kier molecular flexibility index (Phi) is 5.87. The molecule has 1 spiro atoms. The smallest absolute Gasteiger partial charge is 0.409 e. The number of carboxylic acids is 1. The van der Waals surface area contributed by atoms with Gasteiger partial charge in [0.25, 0.3) is 0 Å². The zero-order valence-electron chi connectivity index (χ0n) is 19.2. The van der Waals surface area contributed by atoms with Gasteiger partial charge in [-0.3, -0.25) is 0 Å². The third-order valence-electron chi connectivity index (χ3n) is 7.11. The van der Waals surface area contributed by atoms with Crippen LogP contribution in [0.4, 0.5) is 4.79 Å². The van der Waals surface area contributed by atoms with Crippen LogP contribution in [-0.2, 0) is 24.6 Å². The van der Waals surface area contributed by atoms with E-state index in [9.17, 15) is 9.59 Å². The average molecular weight is 571 g/mol. The summed E-state index contributed by atoms with van der Waals surface area (Å²) in [6.07, 6.45) is 0.0347. The van der Waals surface area contributed by atoms with Gasteiger partial charge in [0.05, 0.1) is 19.7 Å². The van der Waals surface area contributed by atoms with E-state index in [1.54, 1.807) is 4.90 Å². The largest absolute Gasteiger partial charge is 0.480 e. The Morgan fingerprint density at radius 2 is 1.81 bits per heavy atom. The minimum Gasteiger partial charge on any atom is -0.480 e. The maximum absolute atomic E-state index is 12.9. The quantitative estimate of drug-likeness (QED) is 0.461. The topological polar surface area (TPSA) is 98.2 Å². The summed E-state index contributed by atoms with van der Waals surface area (Å²) in [7, 11) is 0. The maximum atomic E-state index is 12.9. The first kappa shape index (κ1) is 23.6. The fourth-order valence-corrected chi connectivity index (χ4v) is 6.91. The van der Waals surface area contributed by atoms with Crippen LogP contribution in [0.5, 0.6) is 0 Å². The van der Waals surface area contributed by atoms with E-state index in [2.05, 4.69) is 45.2 Å². The molecular formula is C26H23BrN2O6S. The Balaban J connectivity index is 1.11. The number of nitrogens with zero attached hydrogens (tertiary/aromatic N) is 2.